The number of hydrogen-bond donors (Lipinski definition) is 0. The molecule has 0 fully saturated rings. The summed E-state index contributed by atoms with van der Waals surface area (Å²) in [5, 5.41) is 8.58. The average molecular weight is 356 g/mol. The van der Waals surface area contributed by atoms with Gasteiger partial charge in [0.2, 0.25) is 5.95 Å². The van der Waals surface area contributed by atoms with Crippen LogP contribution in [0.3, 0.4) is 0 Å². The summed E-state index contributed by atoms with van der Waals surface area (Å²) >= 11 is 0. The van der Waals surface area contributed by atoms with Gasteiger partial charge in [-0.3, -0.25) is 4.57 Å². The molecule has 0 radical (unpaired) electrons. The molecule has 3 aromatic carbocycles. The Labute approximate surface area is 158 Å². The minimum absolute atomic E-state index is 0.694. The molecule has 0 amide bonds. The molecule has 5 heteroatoms. The second kappa shape index (κ2) is 7.74. The number of benzene rings is 3. The largest absolute Gasteiger partial charge is 0.497 e. The zero-order valence-corrected chi connectivity index (χ0v) is 15.1. The van der Waals surface area contributed by atoms with Crippen LogP contribution in [0.25, 0.3) is 5.69 Å². The third kappa shape index (κ3) is 3.67. The Morgan fingerprint density at radius 1 is 0.852 bits per heavy atom. The van der Waals surface area contributed by atoms with Crippen LogP contribution in [0.5, 0.6) is 5.75 Å². The predicted octanol–water partition coefficient (Wildman–Crippen LogP) is 4.61. The molecule has 0 bridgehead atoms. The lowest BCUT2D eigenvalue weighted by molar-refractivity contribution is 0.414. The first kappa shape index (κ1) is 16.8. The van der Waals surface area contributed by atoms with Gasteiger partial charge in [-0.25, -0.2) is 0 Å². The van der Waals surface area contributed by atoms with Gasteiger partial charge in [-0.2, -0.15) is 0 Å². The zero-order valence-electron chi connectivity index (χ0n) is 15.1. The van der Waals surface area contributed by atoms with E-state index >= 15 is 0 Å². The first-order valence-corrected chi connectivity index (χ1v) is 8.76. The van der Waals surface area contributed by atoms with E-state index in [1.165, 1.54) is 5.56 Å². The molecule has 134 valence electrons. The molecule has 27 heavy (non-hydrogen) atoms. The fourth-order valence-corrected chi connectivity index (χ4v) is 2.99. The Kier molecular flexibility index (Phi) is 4.83. The molecule has 0 saturated carbocycles. The molecule has 0 N–H and O–H groups in total. The lowest BCUT2D eigenvalue weighted by atomic mass is 10.2. The maximum Gasteiger partial charge on any atom is 0.236 e. The van der Waals surface area contributed by atoms with Gasteiger partial charge in [-0.15, -0.1) is 10.2 Å². The molecule has 4 rings (SSSR count). The molecular formula is C22H20N4O. The molecule has 0 aliphatic carbocycles. The third-order valence-electron chi connectivity index (χ3n) is 4.37. The molecule has 5 nitrogen and oxygen atoms in total. The first-order valence-electron chi connectivity index (χ1n) is 8.76. The summed E-state index contributed by atoms with van der Waals surface area (Å²) < 4.78 is 7.24. The molecular weight excluding hydrogens is 336 g/mol. The highest BCUT2D eigenvalue weighted by Gasteiger charge is 2.17. The van der Waals surface area contributed by atoms with Crippen LogP contribution in [-0.2, 0) is 6.54 Å². The van der Waals surface area contributed by atoms with Crippen molar-refractivity contribution in [1.82, 2.24) is 14.8 Å². The number of methoxy groups -OCH3 is 1. The van der Waals surface area contributed by atoms with Crippen molar-refractivity contribution in [1.29, 1.82) is 0 Å². The van der Waals surface area contributed by atoms with Gasteiger partial charge in [0.1, 0.15) is 12.1 Å². The summed E-state index contributed by atoms with van der Waals surface area (Å²) in [4.78, 5) is 2.16. The Morgan fingerprint density at radius 3 is 2.19 bits per heavy atom. The van der Waals surface area contributed by atoms with Crippen molar-refractivity contribution >= 4 is 11.6 Å². The second-order valence-electron chi connectivity index (χ2n) is 6.11. The molecule has 0 saturated heterocycles. The summed E-state index contributed by atoms with van der Waals surface area (Å²) in [5.41, 5.74) is 3.24. The topological polar surface area (TPSA) is 43.2 Å². The Bertz CT molecular complexity index is 982. The van der Waals surface area contributed by atoms with Crippen molar-refractivity contribution < 1.29 is 4.74 Å². The second-order valence-corrected chi connectivity index (χ2v) is 6.11. The minimum Gasteiger partial charge on any atom is -0.497 e. The standard InChI is InChI=1S/C22H20N4O/c1-27-21-14-12-20(13-15-21)26-17-23-24-22(26)25(19-10-6-3-7-11-19)16-18-8-4-2-5-9-18/h2-15,17H,16H2,1H3. The van der Waals surface area contributed by atoms with Crippen LogP contribution >= 0.6 is 0 Å². The highest BCUT2D eigenvalue weighted by Crippen LogP contribution is 2.28. The van der Waals surface area contributed by atoms with E-state index in [1.807, 2.05) is 65.2 Å². The SMILES string of the molecule is COc1ccc(-n2cnnc2N(Cc2ccccc2)c2ccccc2)cc1. The Morgan fingerprint density at radius 2 is 1.52 bits per heavy atom. The van der Waals surface area contributed by atoms with Crippen molar-refractivity contribution in [2.24, 2.45) is 0 Å². The summed E-state index contributed by atoms with van der Waals surface area (Å²) in [6.07, 6.45) is 1.73. The fourth-order valence-electron chi connectivity index (χ4n) is 2.99. The van der Waals surface area contributed by atoms with Crippen molar-refractivity contribution in [2.75, 3.05) is 12.0 Å². The lowest BCUT2D eigenvalue weighted by Gasteiger charge is -2.24. The lowest BCUT2D eigenvalue weighted by Crippen LogP contribution is -2.20. The number of ether oxygens (including phenoxy) is 1. The highest BCUT2D eigenvalue weighted by molar-refractivity contribution is 5.59. The van der Waals surface area contributed by atoms with E-state index < -0.39 is 0 Å². The Balaban J connectivity index is 1.75. The molecule has 1 aromatic heterocycles. The van der Waals surface area contributed by atoms with Crippen molar-refractivity contribution in [3.8, 4) is 11.4 Å². The van der Waals surface area contributed by atoms with Crippen LogP contribution in [-0.4, -0.2) is 21.9 Å². The van der Waals surface area contributed by atoms with Crippen LogP contribution in [0.1, 0.15) is 5.56 Å². The highest BCUT2D eigenvalue weighted by atomic mass is 16.5. The van der Waals surface area contributed by atoms with E-state index in [1.54, 1.807) is 13.4 Å². The molecule has 1 heterocycles. The molecule has 0 aliphatic rings. The zero-order chi connectivity index (χ0) is 18.5. The maximum absolute atomic E-state index is 5.26. The fraction of sp³-hybridized carbons (Fsp3) is 0.0909. The van der Waals surface area contributed by atoms with Crippen LogP contribution in [0.4, 0.5) is 11.6 Å². The van der Waals surface area contributed by atoms with E-state index in [2.05, 4.69) is 39.4 Å². The molecule has 0 atom stereocenters. The quantitative estimate of drug-likeness (QED) is 0.506. The van der Waals surface area contributed by atoms with Crippen molar-refractivity contribution in [2.45, 2.75) is 6.54 Å². The van der Waals surface area contributed by atoms with Gasteiger partial charge in [-0.05, 0) is 42.0 Å². The number of rotatable bonds is 6. The van der Waals surface area contributed by atoms with Gasteiger partial charge in [0.25, 0.3) is 0 Å². The number of aromatic nitrogens is 3. The Hall–Kier alpha value is -3.60. The number of anilines is 2. The van der Waals surface area contributed by atoms with Crippen molar-refractivity contribution in [3.63, 3.8) is 0 Å². The van der Waals surface area contributed by atoms with E-state index in [0.29, 0.717) is 6.54 Å². The summed E-state index contributed by atoms with van der Waals surface area (Å²) in [7, 11) is 1.66. The monoisotopic (exact) mass is 356 g/mol. The van der Waals surface area contributed by atoms with Crippen molar-refractivity contribution in [3.05, 3.63) is 96.8 Å². The van der Waals surface area contributed by atoms with E-state index in [9.17, 15) is 0 Å². The van der Waals surface area contributed by atoms with Crippen LogP contribution in [0, 0.1) is 0 Å². The van der Waals surface area contributed by atoms with Gasteiger partial charge >= 0.3 is 0 Å². The molecule has 4 aromatic rings. The van der Waals surface area contributed by atoms with E-state index in [0.717, 1.165) is 23.1 Å². The summed E-state index contributed by atoms with van der Waals surface area (Å²) in [5.74, 6) is 1.58. The van der Waals surface area contributed by atoms with Gasteiger partial charge in [-0.1, -0.05) is 48.5 Å². The summed E-state index contributed by atoms with van der Waals surface area (Å²) in [6.45, 7) is 0.694. The van der Waals surface area contributed by atoms with E-state index in [4.69, 9.17) is 4.74 Å². The average Bonchev–Trinajstić information content (AvgIpc) is 3.23. The van der Waals surface area contributed by atoms with Gasteiger partial charge in [0.15, 0.2) is 0 Å². The first-order chi connectivity index (χ1) is 13.3. The molecule has 0 unspecified atom stereocenters. The molecule has 0 spiro atoms. The third-order valence-corrected chi connectivity index (χ3v) is 4.37. The number of para-hydroxylation sites is 1. The number of nitrogens with zero attached hydrogens (tertiary/aromatic N) is 4. The summed E-state index contributed by atoms with van der Waals surface area (Å²) in [6, 6.07) is 28.4. The van der Waals surface area contributed by atoms with E-state index in [-0.39, 0.29) is 0 Å². The smallest absolute Gasteiger partial charge is 0.236 e. The normalized spacial score (nSPS) is 10.6. The maximum atomic E-state index is 5.26. The van der Waals surface area contributed by atoms with Gasteiger partial charge < -0.3 is 9.64 Å². The van der Waals surface area contributed by atoms with Gasteiger partial charge in [0.05, 0.1) is 19.3 Å². The van der Waals surface area contributed by atoms with Crippen LogP contribution < -0.4 is 9.64 Å². The predicted molar refractivity (Wildman–Crippen MR) is 107 cm³/mol. The van der Waals surface area contributed by atoms with Gasteiger partial charge in [0, 0.05) is 5.69 Å². The van der Waals surface area contributed by atoms with Crippen LogP contribution in [0.15, 0.2) is 91.3 Å². The number of hydrogen-bond acceptors (Lipinski definition) is 4. The minimum atomic E-state index is 0.694. The van der Waals surface area contributed by atoms with Crippen LogP contribution in [0.2, 0.25) is 0 Å². The molecule has 0 aliphatic heterocycles.